The van der Waals surface area contributed by atoms with Crippen LogP contribution in [0.5, 0.6) is 0 Å². The van der Waals surface area contributed by atoms with Gasteiger partial charge in [0.05, 0.1) is 6.20 Å². The number of hydrogen-bond donors (Lipinski definition) is 1. The van der Waals surface area contributed by atoms with E-state index in [1.54, 1.807) is 0 Å². The summed E-state index contributed by atoms with van der Waals surface area (Å²) in [6, 6.07) is 0. The molecule has 0 fully saturated rings. The van der Waals surface area contributed by atoms with Gasteiger partial charge in [-0.25, -0.2) is 9.59 Å². The molecule has 1 unspecified atom stereocenters. The number of hydroxylamine groups is 2. The van der Waals surface area contributed by atoms with E-state index in [4.69, 9.17) is 9.57 Å². The molecular formula is C7H6N2O4. The van der Waals surface area contributed by atoms with Gasteiger partial charge in [0, 0.05) is 18.4 Å². The number of esters is 1. The first-order valence-corrected chi connectivity index (χ1v) is 3.57. The Morgan fingerprint density at radius 1 is 1.31 bits per heavy atom. The molecule has 2 rings (SSSR count). The van der Waals surface area contributed by atoms with Crippen LogP contribution in [0, 0.1) is 0 Å². The number of nitrogens with one attached hydrogen (secondary N) is 1. The molecule has 2 heterocycles. The van der Waals surface area contributed by atoms with Crippen molar-refractivity contribution < 1.29 is 19.2 Å². The highest BCUT2D eigenvalue weighted by atomic mass is 16.7. The maximum atomic E-state index is 10.9. The van der Waals surface area contributed by atoms with E-state index in [1.165, 1.54) is 12.4 Å². The van der Waals surface area contributed by atoms with Crippen molar-refractivity contribution in [3.8, 4) is 0 Å². The van der Waals surface area contributed by atoms with Crippen molar-refractivity contribution in [2.75, 3.05) is 0 Å². The molecule has 1 N–H and O–H groups in total. The van der Waals surface area contributed by atoms with E-state index in [2.05, 4.69) is 5.32 Å². The summed E-state index contributed by atoms with van der Waals surface area (Å²) in [5.41, 5.74) is 0. The van der Waals surface area contributed by atoms with Gasteiger partial charge in [-0.05, 0) is 0 Å². The fourth-order valence-corrected chi connectivity index (χ4v) is 0.934. The van der Waals surface area contributed by atoms with Gasteiger partial charge in [0.25, 0.3) is 6.35 Å². The normalized spacial score (nSPS) is 28.0. The quantitative estimate of drug-likeness (QED) is 0.495. The van der Waals surface area contributed by atoms with Crippen LogP contribution in [0.15, 0.2) is 24.6 Å². The van der Waals surface area contributed by atoms with Crippen LogP contribution in [0.2, 0.25) is 0 Å². The maximum absolute atomic E-state index is 10.9. The molecular weight excluding hydrogens is 176 g/mol. The van der Waals surface area contributed by atoms with Crippen LogP contribution in [0.3, 0.4) is 0 Å². The summed E-state index contributed by atoms with van der Waals surface area (Å²) in [5.74, 6) is -1.21. The lowest BCUT2D eigenvalue weighted by Crippen LogP contribution is -2.41. The van der Waals surface area contributed by atoms with Gasteiger partial charge in [-0.2, -0.15) is 5.06 Å². The molecule has 0 aromatic rings. The average molecular weight is 182 g/mol. The second kappa shape index (κ2) is 2.81. The number of nitrogens with zero attached hydrogens (tertiary/aromatic N) is 1. The Kier molecular flexibility index (Phi) is 1.66. The molecule has 0 saturated carbocycles. The minimum Gasteiger partial charge on any atom is -0.416 e. The van der Waals surface area contributed by atoms with Crippen LogP contribution in [-0.4, -0.2) is 23.4 Å². The Hall–Kier alpha value is -1.98. The number of carbonyl (C=O) groups excluding carboxylic acids is 2. The highest BCUT2D eigenvalue weighted by molar-refractivity contribution is 5.92. The van der Waals surface area contributed by atoms with Gasteiger partial charge in [-0.15, -0.1) is 0 Å². The van der Waals surface area contributed by atoms with Crippen LogP contribution in [0.25, 0.3) is 0 Å². The largest absolute Gasteiger partial charge is 0.416 e. The van der Waals surface area contributed by atoms with E-state index in [-0.39, 0.29) is 0 Å². The fraction of sp³-hybridized carbons (Fsp3) is 0.143. The molecule has 0 aromatic carbocycles. The van der Waals surface area contributed by atoms with Crippen molar-refractivity contribution in [2.45, 2.75) is 6.35 Å². The van der Waals surface area contributed by atoms with E-state index in [1.807, 2.05) is 0 Å². The molecule has 0 bridgehead atoms. The van der Waals surface area contributed by atoms with Crippen LogP contribution in [0.1, 0.15) is 0 Å². The SMILES string of the molecule is O=C1/C=C\C(=O)ON2C=CNC2O1. The summed E-state index contributed by atoms with van der Waals surface area (Å²) in [6.45, 7) is 0. The standard InChI is InChI=1S/C7H6N2O4/c10-5-1-2-6(11)13-9-4-3-8-7(9)12-5/h1-4,7-8H/b2-1-. The first-order chi connectivity index (χ1) is 6.25. The van der Waals surface area contributed by atoms with Crippen LogP contribution in [-0.2, 0) is 19.2 Å². The third kappa shape index (κ3) is 1.46. The maximum Gasteiger partial charge on any atom is 0.356 e. The molecule has 0 radical (unpaired) electrons. The Morgan fingerprint density at radius 2 is 2.08 bits per heavy atom. The number of hydrogen-bond acceptors (Lipinski definition) is 6. The number of fused-ring (bicyclic) bond motifs is 1. The Bertz CT molecular complexity index is 310. The first-order valence-electron chi connectivity index (χ1n) is 3.57. The van der Waals surface area contributed by atoms with Gasteiger partial charge in [-0.1, -0.05) is 0 Å². The summed E-state index contributed by atoms with van der Waals surface area (Å²) < 4.78 is 4.81. The van der Waals surface area contributed by atoms with Crippen LogP contribution in [0.4, 0.5) is 0 Å². The van der Waals surface area contributed by atoms with Crippen molar-refractivity contribution in [3.63, 3.8) is 0 Å². The van der Waals surface area contributed by atoms with E-state index in [0.717, 1.165) is 17.2 Å². The third-order valence-electron chi connectivity index (χ3n) is 1.47. The van der Waals surface area contributed by atoms with Gasteiger partial charge >= 0.3 is 11.9 Å². The summed E-state index contributed by atoms with van der Waals surface area (Å²) in [4.78, 5) is 26.6. The minimum absolute atomic E-state index is 0.595. The van der Waals surface area contributed by atoms with Crippen molar-refractivity contribution in [3.05, 3.63) is 24.6 Å². The van der Waals surface area contributed by atoms with Gasteiger partial charge < -0.3 is 14.9 Å². The van der Waals surface area contributed by atoms with E-state index < -0.39 is 18.3 Å². The molecule has 2 aliphatic rings. The highest BCUT2D eigenvalue weighted by Crippen LogP contribution is 2.10. The lowest BCUT2D eigenvalue weighted by atomic mass is 10.5. The number of ether oxygens (including phenoxy) is 1. The van der Waals surface area contributed by atoms with Gasteiger partial charge in [0.15, 0.2) is 0 Å². The summed E-state index contributed by atoms with van der Waals surface area (Å²) >= 11 is 0. The Morgan fingerprint density at radius 3 is 2.92 bits per heavy atom. The number of carbonyl (C=O) groups is 2. The van der Waals surface area contributed by atoms with Crippen LogP contribution >= 0.6 is 0 Å². The third-order valence-corrected chi connectivity index (χ3v) is 1.47. The average Bonchev–Trinajstić information content (AvgIpc) is 2.47. The summed E-state index contributed by atoms with van der Waals surface area (Å²) in [5, 5.41) is 3.78. The van der Waals surface area contributed by atoms with Gasteiger partial charge in [0.2, 0.25) is 0 Å². The molecule has 0 amide bonds. The summed E-state index contributed by atoms with van der Waals surface area (Å²) in [7, 11) is 0. The lowest BCUT2D eigenvalue weighted by Gasteiger charge is -2.23. The molecule has 0 aliphatic carbocycles. The van der Waals surface area contributed by atoms with E-state index in [9.17, 15) is 9.59 Å². The van der Waals surface area contributed by atoms with Crippen molar-refractivity contribution in [2.24, 2.45) is 0 Å². The number of rotatable bonds is 0. The predicted octanol–water partition coefficient (Wildman–Crippen LogP) is -0.782. The Balaban J connectivity index is 2.19. The predicted molar refractivity (Wildman–Crippen MR) is 39.2 cm³/mol. The van der Waals surface area contributed by atoms with Crippen molar-refractivity contribution in [1.29, 1.82) is 0 Å². The molecule has 0 aromatic heterocycles. The highest BCUT2D eigenvalue weighted by Gasteiger charge is 2.26. The second-order valence-electron chi connectivity index (χ2n) is 2.38. The first kappa shape index (κ1) is 7.66. The smallest absolute Gasteiger partial charge is 0.356 e. The van der Waals surface area contributed by atoms with E-state index in [0.29, 0.717) is 0 Å². The molecule has 68 valence electrons. The second-order valence-corrected chi connectivity index (χ2v) is 2.38. The molecule has 13 heavy (non-hydrogen) atoms. The fourth-order valence-electron chi connectivity index (χ4n) is 0.934. The summed E-state index contributed by atoms with van der Waals surface area (Å²) in [6.07, 6.45) is 4.22. The lowest BCUT2D eigenvalue weighted by molar-refractivity contribution is -0.217. The van der Waals surface area contributed by atoms with Crippen molar-refractivity contribution in [1.82, 2.24) is 10.4 Å². The topological polar surface area (TPSA) is 67.9 Å². The van der Waals surface area contributed by atoms with Gasteiger partial charge in [-0.3, -0.25) is 0 Å². The molecule has 0 spiro atoms. The molecule has 2 aliphatic heterocycles. The zero-order valence-corrected chi connectivity index (χ0v) is 6.47. The van der Waals surface area contributed by atoms with E-state index >= 15 is 0 Å². The zero-order chi connectivity index (χ0) is 9.26. The molecule has 6 heteroatoms. The molecule has 1 atom stereocenters. The Labute approximate surface area is 73.4 Å². The van der Waals surface area contributed by atoms with Crippen LogP contribution < -0.4 is 5.32 Å². The molecule has 0 saturated heterocycles. The van der Waals surface area contributed by atoms with Gasteiger partial charge in [0.1, 0.15) is 0 Å². The zero-order valence-electron chi connectivity index (χ0n) is 6.47. The minimum atomic E-state index is -0.763. The monoisotopic (exact) mass is 182 g/mol. The van der Waals surface area contributed by atoms with Crippen molar-refractivity contribution >= 4 is 11.9 Å². The molecule has 6 nitrogen and oxygen atoms in total.